The van der Waals surface area contributed by atoms with Crippen molar-refractivity contribution >= 4 is 39.3 Å². The van der Waals surface area contributed by atoms with Gasteiger partial charge in [0.1, 0.15) is 0 Å². The van der Waals surface area contributed by atoms with Crippen molar-refractivity contribution in [1.29, 1.82) is 0 Å². The Morgan fingerprint density at radius 1 is 1.15 bits per heavy atom. The van der Waals surface area contributed by atoms with E-state index in [2.05, 4.69) is 27.5 Å². The first-order chi connectivity index (χ1) is 12.7. The Bertz CT molecular complexity index is 1070. The van der Waals surface area contributed by atoms with Gasteiger partial charge in [0.2, 0.25) is 5.91 Å². The standard InChI is InChI=1S/C20H19ClN4O/c21-17-5-3-7-19-16(17)13-24-25(19)11-9-20(26)22-10-8-14-12-23-18-6-2-1-4-15(14)18/h1-7,12-13,23H,8-11H2,(H,22,26). The van der Waals surface area contributed by atoms with E-state index < -0.39 is 0 Å². The van der Waals surface area contributed by atoms with Crippen molar-refractivity contribution in [2.24, 2.45) is 0 Å². The van der Waals surface area contributed by atoms with Crippen molar-refractivity contribution < 1.29 is 4.79 Å². The second kappa shape index (κ2) is 7.22. The summed E-state index contributed by atoms with van der Waals surface area (Å²) in [6.45, 7) is 1.15. The van der Waals surface area contributed by atoms with Crippen LogP contribution in [0.3, 0.4) is 0 Å². The molecule has 2 N–H and O–H groups in total. The van der Waals surface area contributed by atoms with Gasteiger partial charge in [-0.05, 0) is 30.2 Å². The molecule has 0 radical (unpaired) electrons. The zero-order valence-corrected chi connectivity index (χ0v) is 15.0. The summed E-state index contributed by atoms with van der Waals surface area (Å²) >= 11 is 6.16. The molecule has 6 heteroatoms. The Kier molecular flexibility index (Phi) is 4.63. The molecule has 1 amide bonds. The number of rotatable bonds is 6. The van der Waals surface area contributed by atoms with Crippen LogP contribution in [0.1, 0.15) is 12.0 Å². The largest absolute Gasteiger partial charge is 0.361 e. The van der Waals surface area contributed by atoms with Crippen LogP contribution in [0.25, 0.3) is 21.8 Å². The van der Waals surface area contributed by atoms with E-state index in [1.807, 2.05) is 41.2 Å². The Morgan fingerprint density at radius 2 is 2.04 bits per heavy atom. The molecule has 2 heterocycles. The summed E-state index contributed by atoms with van der Waals surface area (Å²) in [6, 6.07) is 13.9. The lowest BCUT2D eigenvalue weighted by Gasteiger charge is -2.06. The van der Waals surface area contributed by atoms with E-state index in [9.17, 15) is 4.79 Å². The van der Waals surface area contributed by atoms with Crippen molar-refractivity contribution in [2.45, 2.75) is 19.4 Å². The number of benzene rings is 2. The number of aromatic amines is 1. The Morgan fingerprint density at radius 3 is 2.96 bits per heavy atom. The molecule has 0 atom stereocenters. The molecule has 4 rings (SSSR count). The zero-order valence-electron chi connectivity index (χ0n) is 14.2. The number of nitrogens with one attached hydrogen (secondary N) is 2. The first kappa shape index (κ1) is 16.7. The van der Waals surface area contributed by atoms with Crippen molar-refractivity contribution in [2.75, 3.05) is 6.54 Å². The van der Waals surface area contributed by atoms with Gasteiger partial charge in [0.25, 0.3) is 0 Å². The molecule has 0 unspecified atom stereocenters. The molecule has 0 aliphatic carbocycles. The molecule has 0 saturated heterocycles. The van der Waals surface area contributed by atoms with Gasteiger partial charge in [-0.15, -0.1) is 0 Å². The SMILES string of the molecule is O=C(CCn1ncc2c(Cl)cccc21)NCCc1c[nH]c2ccccc12. The maximum absolute atomic E-state index is 12.1. The number of nitrogens with zero attached hydrogens (tertiary/aromatic N) is 2. The van der Waals surface area contributed by atoms with Gasteiger partial charge in [0.15, 0.2) is 0 Å². The van der Waals surface area contributed by atoms with Crippen LogP contribution in [0.5, 0.6) is 0 Å². The number of hydrogen-bond acceptors (Lipinski definition) is 2. The second-order valence-electron chi connectivity index (χ2n) is 6.25. The van der Waals surface area contributed by atoms with E-state index >= 15 is 0 Å². The maximum Gasteiger partial charge on any atom is 0.221 e. The number of para-hydroxylation sites is 1. The fraction of sp³-hybridized carbons (Fsp3) is 0.200. The van der Waals surface area contributed by atoms with E-state index in [4.69, 9.17) is 11.6 Å². The minimum absolute atomic E-state index is 0.0236. The first-order valence-corrected chi connectivity index (χ1v) is 9.02. The zero-order chi connectivity index (χ0) is 17.9. The highest BCUT2D eigenvalue weighted by Crippen LogP contribution is 2.22. The molecular formula is C20H19ClN4O. The van der Waals surface area contributed by atoms with Gasteiger partial charge >= 0.3 is 0 Å². The first-order valence-electron chi connectivity index (χ1n) is 8.64. The number of halogens is 1. The summed E-state index contributed by atoms with van der Waals surface area (Å²) in [6.07, 6.45) is 4.94. The molecule has 5 nitrogen and oxygen atoms in total. The molecule has 0 bridgehead atoms. The summed E-state index contributed by atoms with van der Waals surface area (Å²) in [5, 5.41) is 10.1. The number of amides is 1. The molecule has 2 aromatic carbocycles. The third kappa shape index (κ3) is 3.30. The number of carbonyl (C=O) groups is 1. The fourth-order valence-electron chi connectivity index (χ4n) is 3.22. The third-order valence-corrected chi connectivity index (χ3v) is 4.91. The lowest BCUT2D eigenvalue weighted by molar-refractivity contribution is -0.121. The molecule has 26 heavy (non-hydrogen) atoms. The molecule has 4 aromatic rings. The quantitative estimate of drug-likeness (QED) is 0.543. The second-order valence-corrected chi connectivity index (χ2v) is 6.66. The van der Waals surface area contributed by atoms with E-state index in [-0.39, 0.29) is 5.91 Å². The average molecular weight is 367 g/mol. The molecular weight excluding hydrogens is 348 g/mol. The molecule has 0 fully saturated rings. The van der Waals surface area contributed by atoms with Crippen molar-refractivity contribution in [3.63, 3.8) is 0 Å². The van der Waals surface area contributed by atoms with Gasteiger partial charge in [0.05, 0.1) is 23.3 Å². The number of carbonyl (C=O) groups excluding carboxylic acids is 1. The van der Waals surface area contributed by atoms with Crippen LogP contribution in [0.2, 0.25) is 5.02 Å². The van der Waals surface area contributed by atoms with Crippen molar-refractivity contribution in [3.8, 4) is 0 Å². The third-order valence-electron chi connectivity index (χ3n) is 4.58. The molecule has 0 aliphatic heterocycles. The number of fused-ring (bicyclic) bond motifs is 2. The summed E-state index contributed by atoms with van der Waals surface area (Å²) in [4.78, 5) is 15.4. The Hall–Kier alpha value is -2.79. The lowest BCUT2D eigenvalue weighted by atomic mass is 10.1. The minimum atomic E-state index is 0.0236. The highest BCUT2D eigenvalue weighted by molar-refractivity contribution is 6.35. The molecule has 0 spiro atoms. The molecule has 0 aliphatic rings. The van der Waals surface area contributed by atoms with Gasteiger partial charge in [0, 0.05) is 35.5 Å². The molecule has 2 aromatic heterocycles. The summed E-state index contributed by atoms with van der Waals surface area (Å²) in [5.41, 5.74) is 3.29. The van der Waals surface area contributed by atoms with Crippen LogP contribution < -0.4 is 5.32 Å². The van der Waals surface area contributed by atoms with Crippen LogP contribution in [0, 0.1) is 0 Å². The number of aryl methyl sites for hydroxylation is 1. The Balaban J connectivity index is 1.31. The van der Waals surface area contributed by atoms with Crippen LogP contribution >= 0.6 is 11.6 Å². The predicted molar refractivity (Wildman–Crippen MR) is 104 cm³/mol. The number of hydrogen-bond donors (Lipinski definition) is 2. The van der Waals surface area contributed by atoms with Crippen LogP contribution in [0.4, 0.5) is 0 Å². The summed E-state index contributed by atoms with van der Waals surface area (Å²) in [5.74, 6) is 0.0236. The van der Waals surface area contributed by atoms with Gasteiger partial charge in [-0.25, -0.2) is 0 Å². The highest BCUT2D eigenvalue weighted by Gasteiger charge is 2.08. The van der Waals surface area contributed by atoms with E-state index in [0.29, 0.717) is 24.5 Å². The monoisotopic (exact) mass is 366 g/mol. The van der Waals surface area contributed by atoms with Gasteiger partial charge in [-0.2, -0.15) is 5.10 Å². The van der Waals surface area contributed by atoms with E-state index in [1.165, 1.54) is 10.9 Å². The topological polar surface area (TPSA) is 62.7 Å². The average Bonchev–Trinajstić information content (AvgIpc) is 3.25. The van der Waals surface area contributed by atoms with Crippen molar-refractivity contribution in [3.05, 3.63) is 65.4 Å². The Labute approximate surface area is 156 Å². The summed E-state index contributed by atoms with van der Waals surface area (Å²) in [7, 11) is 0. The van der Waals surface area contributed by atoms with E-state index in [1.54, 1.807) is 6.20 Å². The normalized spacial score (nSPS) is 11.3. The highest BCUT2D eigenvalue weighted by atomic mass is 35.5. The molecule has 132 valence electrons. The number of H-pyrrole nitrogens is 1. The van der Waals surface area contributed by atoms with Gasteiger partial charge in [-0.1, -0.05) is 35.9 Å². The van der Waals surface area contributed by atoms with Crippen LogP contribution in [0.15, 0.2) is 54.9 Å². The fourth-order valence-corrected chi connectivity index (χ4v) is 3.44. The lowest BCUT2D eigenvalue weighted by Crippen LogP contribution is -2.26. The smallest absolute Gasteiger partial charge is 0.221 e. The van der Waals surface area contributed by atoms with Crippen LogP contribution in [-0.2, 0) is 17.8 Å². The van der Waals surface area contributed by atoms with Crippen molar-refractivity contribution in [1.82, 2.24) is 20.1 Å². The molecule has 0 saturated carbocycles. The van der Waals surface area contributed by atoms with Crippen LogP contribution in [-0.4, -0.2) is 27.2 Å². The maximum atomic E-state index is 12.1. The summed E-state index contributed by atoms with van der Waals surface area (Å²) < 4.78 is 1.82. The minimum Gasteiger partial charge on any atom is -0.361 e. The predicted octanol–water partition coefficient (Wildman–Crippen LogP) is 3.92. The number of aromatic nitrogens is 3. The van der Waals surface area contributed by atoms with E-state index in [0.717, 1.165) is 22.8 Å². The van der Waals surface area contributed by atoms with Gasteiger partial charge in [-0.3, -0.25) is 9.48 Å². The van der Waals surface area contributed by atoms with Gasteiger partial charge < -0.3 is 10.3 Å².